The molecule has 1 aliphatic carbocycles. The molecule has 0 unspecified atom stereocenters. The number of anilines is 1. The third-order valence-electron chi connectivity index (χ3n) is 6.86. The van der Waals surface area contributed by atoms with Gasteiger partial charge in [0.2, 0.25) is 0 Å². The Morgan fingerprint density at radius 2 is 1.81 bits per heavy atom. The molecule has 0 atom stereocenters. The maximum atomic E-state index is 5.98. The van der Waals surface area contributed by atoms with Gasteiger partial charge in [0.1, 0.15) is 11.6 Å². The molecule has 0 aromatic carbocycles. The molecule has 6 nitrogen and oxygen atoms in total. The van der Waals surface area contributed by atoms with Crippen LogP contribution in [0.15, 0.2) is 6.07 Å². The molecule has 4 rings (SSSR count). The van der Waals surface area contributed by atoms with Crippen molar-refractivity contribution in [2.45, 2.75) is 56.5 Å². The topological polar surface area (TPSA) is 61.5 Å². The van der Waals surface area contributed by atoms with E-state index in [-0.39, 0.29) is 0 Å². The van der Waals surface area contributed by atoms with E-state index in [2.05, 4.69) is 34.9 Å². The van der Waals surface area contributed by atoms with Crippen molar-refractivity contribution < 1.29 is 0 Å². The lowest BCUT2D eigenvalue weighted by molar-refractivity contribution is 0.0785. The van der Waals surface area contributed by atoms with E-state index in [9.17, 15) is 0 Å². The summed E-state index contributed by atoms with van der Waals surface area (Å²) in [5, 5.41) is 0. The molecule has 0 radical (unpaired) electrons. The van der Waals surface area contributed by atoms with Gasteiger partial charge >= 0.3 is 0 Å². The summed E-state index contributed by atoms with van der Waals surface area (Å²) in [7, 11) is 4.60. The summed E-state index contributed by atoms with van der Waals surface area (Å²) in [6.07, 6.45) is 5.82. The van der Waals surface area contributed by atoms with Gasteiger partial charge in [0, 0.05) is 48.9 Å². The normalized spacial score (nSPS) is 30.2. The smallest absolute Gasteiger partial charge is 0.132 e. The van der Waals surface area contributed by atoms with Gasteiger partial charge < -0.3 is 15.5 Å². The van der Waals surface area contributed by atoms with Gasteiger partial charge in [-0.2, -0.15) is 0 Å². The number of aromatic nitrogens is 2. The number of piperidine rings is 1. The van der Waals surface area contributed by atoms with Crippen molar-refractivity contribution in [2.24, 2.45) is 5.73 Å². The Morgan fingerprint density at radius 3 is 2.50 bits per heavy atom. The summed E-state index contributed by atoms with van der Waals surface area (Å²) in [6, 6.07) is 2.58. The second-order valence-electron chi connectivity index (χ2n) is 8.85. The van der Waals surface area contributed by atoms with Crippen LogP contribution in [0.25, 0.3) is 0 Å². The molecule has 3 fully saturated rings. The number of rotatable bonds is 2. The molecule has 1 spiro atoms. The lowest BCUT2D eigenvalue weighted by Gasteiger charge is -2.48. The van der Waals surface area contributed by atoms with Crippen molar-refractivity contribution in [1.29, 1.82) is 0 Å². The largest absolute Gasteiger partial charge is 0.356 e. The first-order chi connectivity index (χ1) is 12.4. The van der Waals surface area contributed by atoms with E-state index in [0.717, 1.165) is 37.6 Å². The van der Waals surface area contributed by atoms with Crippen molar-refractivity contribution in [3.05, 3.63) is 17.6 Å². The van der Waals surface area contributed by atoms with Gasteiger partial charge in [-0.05, 0) is 66.2 Å². The van der Waals surface area contributed by atoms with Crippen LogP contribution in [-0.4, -0.2) is 78.2 Å². The van der Waals surface area contributed by atoms with Crippen LogP contribution < -0.4 is 10.6 Å². The van der Waals surface area contributed by atoms with Crippen LogP contribution in [0.2, 0.25) is 0 Å². The van der Waals surface area contributed by atoms with Crippen LogP contribution >= 0.6 is 0 Å². The summed E-state index contributed by atoms with van der Waals surface area (Å²) >= 11 is 0. The highest BCUT2D eigenvalue weighted by atomic mass is 15.3. The molecule has 1 aromatic heterocycles. The predicted octanol–water partition coefficient (Wildman–Crippen LogP) is 1.60. The first-order valence-electron chi connectivity index (χ1n) is 10.2. The first-order valence-corrected chi connectivity index (χ1v) is 10.2. The van der Waals surface area contributed by atoms with Gasteiger partial charge in [-0.25, -0.2) is 9.97 Å². The number of likely N-dealkylation sites (N-methyl/N-ethyl adjacent to an activating group) is 2. The molecular weight excluding hydrogens is 324 g/mol. The fraction of sp³-hybridized carbons (Fsp3) is 0.800. The summed E-state index contributed by atoms with van der Waals surface area (Å²) in [4.78, 5) is 17.1. The summed E-state index contributed by atoms with van der Waals surface area (Å²) in [6.45, 7) is 7.80. The highest BCUT2D eigenvalue weighted by Crippen LogP contribution is 2.37. The second kappa shape index (κ2) is 7.06. The molecule has 0 bridgehead atoms. The van der Waals surface area contributed by atoms with Crippen LogP contribution in [0.5, 0.6) is 0 Å². The molecule has 26 heavy (non-hydrogen) atoms. The van der Waals surface area contributed by atoms with Crippen LogP contribution in [0.4, 0.5) is 5.82 Å². The molecule has 3 heterocycles. The zero-order valence-electron chi connectivity index (χ0n) is 16.6. The van der Waals surface area contributed by atoms with Crippen molar-refractivity contribution in [2.75, 3.05) is 51.7 Å². The number of nitrogens with zero attached hydrogens (tertiary/aromatic N) is 5. The second-order valence-corrected chi connectivity index (χ2v) is 8.85. The minimum absolute atomic E-state index is 0.327. The maximum Gasteiger partial charge on any atom is 0.132 e. The third kappa shape index (κ3) is 3.47. The maximum absolute atomic E-state index is 5.98. The van der Waals surface area contributed by atoms with E-state index in [1.54, 1.807) is 0 Å². The van der Waals surface area contributed by atoms with Crippen LogP contribution in [-0.2, 0) is 0 Å². The third-order valence-corrected chi connectivity index (χ3v) is 6.86. The number of hydrogen-bond donors (Lipinski definition) is 1. The summed E-state index contributed by atoms with van der Waals surface area (Å²) in [5.74, 6) is 2.54. The highest BCUT2D eigenvalue weighted by molar-refractivity contribution is 5.42. The zero-order chi connectivity index (χ0) is 18.3. The van der Waals surface area contributed by atoms with E-state index in [1.165, 1.54) is 44.6 Å². The molecule has 3 aliphatic rings. The Bertz CT molecular complexity index is 633. The van der Waals surface area contributed by atoms with Crippen LogP contribution in [0.1, 0.15) is 49.5 Å². The highest BCUT2D eigenvalue weighted by Gasteiger charge is 2.40. The molecular formula is C20H34N6. The SMILES string of the molecule is Cc1nc(C2CC(N)C2)cc(N2CCC3(CC2)CN(C)CCCN3C)n1. The molecule has 2 N–H and O–H groups in total. The summed E-state index contributed by atoms with van der Waals surface area (Å²) in [5.41, 5.74) is 7.50. The zero-order valence-corrected chi connectivity index (χ0v) is 16.6. The van der Waals surface area contributed by atoms with E-state index >= 15 is 0 Å². The van der Waals surface area contributed by atoms with Crippen LogP contribution in [0, 0.1) is 6.92 Å². The van der Waals surface area contributed by atoms with Gasteiger partial charge in [-0.3, -0.25) is 4.90 Å². The van der Waals surface area contributed by atoms with E-state index in [1.807, 2.05) is 6.92 Å². The Hall–Kier alpha value is -1.24. The lowest BCUT2D eigenvalue weighted by atomic mass is 9.78. The number of hydrogen-bond acceptors (Lipinski definition) is 6. The van der Waals surface area contributed by atoms with Crippen LogP contribution in [0.3, 0.4) is 0 Å². The first kappa shape index (κ1) is 18.1. The van der Waals surface area contributed by atoms with Gasteiger partial charge in [0.05, 0.1) is 0 Å². The average Bonchev–Trinajstić information content (AvgIpc) is 2.71. The van der Waals surface area contributed by atoms with Crippen molar-refractivity contribution in [3.8, 4) is 0 Å². The van der Waals surface area contributed by atoms with Gasteiger partial charge in [0.15, 0.2) is 0 Å². The molecule has 2 aliphatic heterocycles. The van der Waals surface area contributed by atoms with Crippen molar-refractivity contribution in [3.63, 3.8) is 0 Å². The molecule has 0 amide bonds. The quantitative estimate of drug-likeness (QED) is 0.866. The molecule has 1 saturated carbocycles. The van der Waals surface area contributed by atoms with Crippen molar-refractivity contribution in [1.82, 2.24) is 19.8 Å². The van der Waals surface area contributed by atoms with E-state index in [0.29, 0.717) is 17.5 Å². The Labute approximate surface area is 157 Å². The summed E-state index contributed by atoms with van der Waals surface area (Å²) < 4.78 is 0. The fourth-order valence-corrected chi connectivity index (χ4v) is 5.06. The average molecular weight is 359 g/mol. The molecule has 144 valence electrons. The Balaban J connectivity index is 1.47. The van der Waals surface area contributed by atoms with Gasteiger partial charge in [-0.15, -0.1) is 0 Å². The minimum Gasteiger partial charge on any atom is -0.356 e. The molecule has 1 aromatic rings. The minimum atomic E-state index is 0.327. The standard InChI is InChI=1S/C20H34N6/c1-15-22-18(16-11-17(21)12-16)13-19(23-15)26-9-5-20(6-10-26)14-24(2)7-4-8-25(20)3/h13,16-17H,4-12,14,21H2,1-3H3. The van der Waals surface area contributed by atoms with Gasteiger partial charge in [0.25, 0.3) is 0 Å². The van der Waals surface area contributed by atoms with Gasteiger partial charge in [-0.1, -0.05) is 0 Å². The number of aryl methyl sites for hydroxylation is 1. The molecule has 2 saturated heterocycles. The predicted molar refractivity (Wildman–Crippen MR) is 106 cm³/mol. The Morgan fingerprint density at radius 1 is 1.08 bits per heavy atom. The molecule has 6 heteroatoms. The lowest BCUT2D eigenvalue weighted by Crippen LogP contribution is -2.58. The van der Waals surface area contributed by atoms with E-state index < -0.39 is 0 Å². The monoisotopic (exact) mass is 358 g/mol. The van der Waals surface area contributed by atoms with E-state index in [4.69, 9.17) is 15.7 Å². The van der Waals surface area contributed by atoms with Crippen molar-refractivity contribution >= 4 is 5.82 Å². The number of nitrogens with two attached hydrogens (primary N) is 1. The fourth-order valence-electron chi connectivity index (χ4n) is 5.06. The Kier molecular flexibility index (Phi) is 4.92.